The third-order valence-corrected chi connectivity index (χ3v) is 4.21. The maximum Gasteiger partial charge on any atom is 0.243 e. The molecule has 0 saturated heterocycles. The first-order chi connectivity index (χ1) is 10.8. The fourth-order valence-electron chi connectivity index (χ4n) is 2.33. The molecule has 1 aromatic carbocycles. The fraction of sp³-hybridized carbons (Fsp3) is 0.278. The highest BCUT2D eigenvalue weighted by Crippen LogP contribution is 2.22. The monoisotopic (exact) mass is 315 g/mol. The standard InChI is InChI=1S/C18H21NO2S/c20-12-9-17(16-4-2-1-3-5-16)8-11-19-18(21)7-6-15-10-13-22-14-15/h1-7,10,13-14,17,20H,8-9,11-12H2,(H,19,21)/b7-6+/t17-/m0/s1. The van der Waals surface area contributed by atoms with Gasteiger partial charge in [0.15, 0.2) is 0 Å². The highest BCUT2D eigenvalue weighted by Gasteiger charge is 2.10. The molecule has 0 unspecified atom stereocenters. The number of hydrogen-bond acceptors (Lipinski definition) is 3. The first-order valence-corrected chi connectivity index (χ1v) is 8.38. The van der Waals surface area contributed by atoms with E-state index in [1.807, 2.05) is 41.1 Å². The van der Waals surface area contributed by atoms with E-state index in [2.05, 4.69) is 17.4 Å². The second-order valence-corrected chi connectivity index (χ2v) is 5.87. The van der Waals surface area contributed by atoms with E-state index in [9.17, 15) is 9.90 Å². The van der Waals surface area contributed by atoms with E-state index in [-0.39, 0.29) is 18.4 Å². The molecule has 0 spiro atoms. The summed E-state index contributed by atoms with van der Waals surface area (Å²) in [5.41, 5.74) is 2.25. The van der Waals surface area contributed by atoms with Gasteiger partial charge in [-0.1, -0.05) is 30.3 Å². The van der Waals surface area contributed by atoms with E-state index in [4.69, 9.17) is 0 Å². The van der Waals surface area contributed by atoms with Crippen LogP contribution in [0.5, 0.6) is 0 Å². The van der Waals surface area contributed by atoms with Crippen molar-refractivity contribution in [3.05, 3.63) is 64.4 Å². The van der Waals surface area contributed by atoms with E-state index in [0.29, 0.717) is 13.0 Å². The summed E-state index contributed by atoms with van der Waals surface area (Å²) in [5, 5.41) is 16.1. The quantitative estimate of drug-likeness (QED) is 0.733. The summed E-state index contributed by atoms with van der Waals surface area (Å²) < 4.78 is 0. The molecule has 0 bridgehead atoms. The van der Waals surface area contributed by atoms with Gasteiger partial charge >= 0.3 is 0 Å². The normalized spacial score (nSPS) is 12.4. The first kappa shape index (κ1) is 16.5. The molecule has 1 heterocycles. The molecule has 0 fully saturated rings. The fourth-order valence-corrected chi connectivity index (χ4v) is 2.96. The third kappa shape index (κ3) is 5.47. The molecule has 0 aliphatic heterocycles. The van der Waals surface area contributed by atoms with Crippen LogP contribution in [0.2, 0.25) is 0 Å². The minimum atomic E-state index is -0.0815. The van der Waals surface area contributed by atoms with Crippen LogP contribution in [0.25, 0.3) is 6.08 Å². The van der Waals surface area contributed by atoms with Crippen molar-refractivity contribution in [3.63, 3.8) is 0 Å². The second kappa shape index (κ2) is 9.18. The summed E-state index contributed by atoms with van der Waals surface area (Å²) in [5.74, 6) is 0.189. The number of rotatable bonds is 8. The molecule has 4 heteroatoms. The van der Waals surface area contributed by atoms with Crippen molar-refractivity contribution in [2.24, 2.45) is 0 Å². The van der Waals surface area contributed by atoms with Gasteiger partial charge in [0.05, 0.1) is 0 Å². The smallest absolute Gasteiger partial charge is 0.243 e. The van der Waals surface area contributed by atoms with Gasteiger partial charge in [0.2, 0.25) is 5.91 Å². The van der Waals surface area contributed by atoms with E-state index in [0.717, 1.165) is 12.0 Å². The van der Waals surface area contributed by atoms with Crippen molar-refractivity contribution in [1.82, 2.24) is 5.32 Å². The van der Waals surface area contributed by atoms with Crippen molar-refractivity contribution in [2.75, 3.05) is 13.2 Å². The van der Waals surface area contributed by atoms with Crippen LogP contribution in [0.3, 0.4) is 0 Å². The molecule has 22 heavy (non-hydrogen) atoms. The van der Waals surface area contributed by atoms with Crippen LogP contribution in [-0.4, -0.2) is 24.2 Å². The van der Waals surface area contributed by atoms with Gasteiger partial charge in [-0.05, 0) is 52.8 Å². The number of amides is 1. The van der Waals surface area contributed by atoms with E-state index < -0.39 is 0 Å². The SMILES string of the molecule is O=C(/C=C/c1ccsc1)NCC[C@@H](CCO)c1ccccc1. The Morgan fingerprint density at radius 3 is 2.73 bits per heavy atom. The Labute approximate surface area is 135 Å². The van der Waals surface area contributed by atoms with Crippen molar-refractivity contribution in [1.29, 1.82) is 0 Å². The molecule has 2 N–H and O–H groups in total. The summed E-state index contributed by atoms with van der Waals surface area (Å²) in [4.78, 5) is 11.8. The number of carbonyl (C=O) groups excluding carboxylic acids is 1. The predicted octanol–water partition coefficient (Wildman–Crippen LogP) is 3.43. The Bertz CT molecular complexity index is 578. The molecular weight excluding hydrogens is 294 g/mol. The summed E-state index contributed by atoms with van der Waals surface area (Å²) in [6.07, 6.45) is 4.91. The zero-order valence-corrected chi connectivity index (χ0v) is 13.3. The van der Waals surface area contributed by atoms with Crippen molar-refractivity contribution in [2.45, 2.75) is 18.8 Å². The zero-order valence-electron chi connectivity index (χ0n) is 12.4. The number of thiophene rings is 1. The molecule has 0 aliphatic rings. The highest BCUT2D eigenvalue weighted by molar-refractivity contribution is 7.08. The number of aliphatic hydroxyl groups is 1. The van der Waals surface area contributed by atoms with E-state index in [1.165, 1.54) is 5.56 Å². The van der Waals surface area contributed by atoms with Crippen LogP contribution < -0.4 is 5.32 Å². The molecule has 0 radical (unpaired) electrons. The largest absolute Gasteiger partial charge is 0.396 e. The molecule has 0 aliphatic carbocycles. The lowest BCUT2D eigenvalue weighted by Crippen LogP contribution is -2.23. The van der Waals surface area contributed by atoms with Crippen LogP contribution in [0.15, 0.2) is 53.2 Å². The summed E-state index contributed by atoms with van der Waals surface area (Å²) >= 11 is 1.61. The number of benzene rings is 1. The Balaban J connectivity index is 1.79. The van der Waals surface area contributed by atoms with Crippen molar-refractivity contribution in [3.8, 4) is 0 Å². The van der Waals surface area contributed by atoms with Crippen LogP contribution in [-0.2, 0) is 4.79 Å². The van der Waals surface area contributed by atoms with Gasteiger partial charge in [-0.15, -0.1) is 0 Å². The van der Waals surface area contributed by atoms with Crippen LogP contribution in [0, 0.1) is 0 Å². The van der Waals surface area contributed by atoms with Gasteiger partial charge in [0.25, 0.3) is 0 Å². The van der Waals surface area contributed by atoms with Crippen molar-refractivity contribution >= 4 is 23.3 Å². The average Bonchev–Trinajstić information content (AvgIpc) is 3.06. The van der Waals surface area contributed by atoms with Crippen LogP contribution >= 0.6 is 11.3 Å². The van der Waals surface area contributed by atoms with Gasteiger partial charge in [0.1, 0.15) is 0 Å². The van der Waals surface area contributed by atoms with E-state index >= 15 is 0 Å². The van der Waals surface area contributed by atoms with Gasteiger partial charge in [-0.25, -0.2) is 0 Å². The lowest BCUT2D eigenvalue weighted by molar-refractivity contribution is -0.116. The first-order valence-electron chi connectivity index (χ1n) is 7.43. The number of aliphatic hydroxyl groups excluding tert-OH is 1. The maximum absolute atomic E-state index is 11.8. The topological polar surface area (TPSA) is 49.3 Å². The predicted molar refractivity (Wildman–Crippen MR) is 91.9 cm³/mol. The Kier molecular flexibility index (Phi) is 6.87. The lowest BCUT2D eigenvalue weighted by atomic mass is 9.93. The molecule has 2 aromatic rings. The zero-order chi connectivity index (χ0) is 15.6. The summed E-state index contributed by atoms with van der Waals surface area (Å²) in [6, 6.07) is 12.1. The Hall–Kier alpha value is -1.91. The lowest BCUT2D eigenvalue weighted by Gasteiger charge is -2.16. The van der Waals surface area contributed by atoms with Crippen molar-refractivity contribution < 1.29 is 9.90 Å². The van der Waals surface area contributed by atoms with Gasteiger partial charge < -0.3 is 10.4 Å². The molecule has 116 valence electrons. The molecule has 1 atom stereocenters. The molecule has 1 amide bonds. The minimum absolute atomic E-state index is 0.0815. The summed E-state index contributed by atoms with van der Waals surface area (Å²) in [6.45, 7) is 0.762. The molecule has 2 rings (SSSR count). The van der Waals surface area contributed by atoms with Crippen LogP contribution in [0.4, 0.5) is 0 Å². The van der Waals surface area contributed by atoms with Gasteiger partial charge in [-0.2, -0.15) is 11.3 Å². The maximum atomic E-state index is 11.8. The van der Waals surface area contributed by atoms with Crippen LogP contribution in [0.1, 0.15) is 29.9 Å². The van der Waals surface area contributed by atoms with E-state index in [1.54, 1.807) is 17.4 Å². The average molecular weight is 315 g/mol. The third-order valence-electron chi connectivity index (χ3n) is 3.51. The number of nitrogens with one attached hydrogen (secondary N) is 1. The Morgan fingerprint density at radius 2 is 2.05 bits per heavy atom. The van der Waals surface area contributed by atoms with Gasteiger partial charge in [0, 0.05) is 19.2 Å². The number of carbonyl (C=O) groups is 1. The van der Waals surface area contributed by atoms with Gasteiger partial charge in [-0.3, -0.25) is 4.79 Å². The molecule has 3 nitrogen and oxygen atoms in total. The molecule has 0 saturated carbocycles. The molecular formula is C18H21NO2S. The highest BCUT2D eigenvalue weighted by atomic mass is 32.1. The number of hydrogen-bond donors (Lipinski definition) is 2. The second-order valence-electron chi connectivity index (χ2n) is 5.09. The minimum Gasteiger partial charge on any atom is -0.396 e. The molecule has 1 aromatic heterocycles. The summed E-state index contributed by atoms with van der Waals surface area (Å²) in [7, 11) is 0. The Morgan fingerprint density at radius 1 is 1.23 bits per heavy atom.